The third-order valence-electron chi connectivity index (χ3n) is 1.98. The third kappa shape index (κ3) is 5.20. The van der Waals surface area contributed by atoms with E-state index in [1.54, 1.807) is 6.92 Å². The maximum Gasteiger partial charge on any atom is 0.302 e. The van der Waals surface area contributed by atoms with Crippen LogP contribution in [0.4, 0.5) is 0 Å². The van der Waals surface area contributed by atoms with E-state index in [2.05, 4.69) is 0 Å². The fraction of sp³-hybridized carbons (Fsp3) is 0.727. The predicted molar refractivity (Wildman–Crippen MR) is 87.0 cm³/mol. The van der Waals surface area contributed by atoms with Crippen molar-refractivity contribution in [2.75, 3.05) is 0 Å². The van der Waals surface area contributed by atoms with Crippen LogP contribution in [-0.4, -0.2) is 16.9 Å². The van der Waals surface area contributed by atoms with Gasteiger partial charge in [-0.25, -0.2) is 0 Å². The van der Waals surface area contributed by atoms with Crippen LogP contribution in [0.15, 0.2) is 9.32 Å². The molecule has 0 saturated heterocycles. The molecule has 0 atom stereocenters. The van der Waals surface area contributed by atoms with Crippen LogP contribution in [0.5, 0.6) is 0 Å². The summed E-state index contributed by atoms with van der Waals surface area (Å²) in [4.78, 5) is 11.8. The van der Waals surface area contributed by atoms with Gasteiger partial charge in [0, 0.05) is 0 Å². The Balaban J connectivity index is 2.83. The summed E-state index contributed by atoms with van der Waals surface area (Å²) >= 11 is 12.5. The van der Waals surface area contributed by atoms with Crippen LogP contribution in [0.25, 0.3) is 0 Å². The molecular formula is C11H19ClNO4PS2. The molecule has 20 heavy (non-hydrogen) atoms. The van der Waals surface area contributed by atoms with E-state index in [1.807, 2.05) is 27.7 Å². The molecule has 5 nitrogen and oxygen atoms in total. The molecule has 0 fully saturated rings. The molecule has 0 radical (unpaired) electrons. The van der Waals surface area contributed by atoms with Gasteiger partial charge in [-0.05, 0) is 57.8 Å². The standard InChI is InChI=1S/C11H19ClNO4PS2/c1-7(2)16-18(19,17-8(3)4)20-6-13-11(14)10(12)9(5)15-13/h7-8H,6H2,1-5H3. The van der Waals surface area contributed by atoms with Crippen molar-refractivity contribution in [3.63, 3.8) is 0 Å². The molecule has 0 unspecified atom stereocenters. The van der Waals surface area contributed by atoms with Crippen LogP contribution in [-0.2, 0) is 26.7 Å². The van der Waals surface area contributed by atoms with Gasteiger partial charge in [-0.15, -0.1) is 0 Å². The van der Waals surface area contributed by atoms with Gasteiger partial charge in [0.15, 0.2) is 5.76 Å². The summed E-state index contributed by atoms with van der Waals surface area (Å²) in [5, 5.41) is 0.0912. The van der Waals surface area contributed by atoms with Crippen molar-refractivity contribution in [1.82, 2.24) is 4.74 Å². The maximum absolute atomic E-state index is 11.8. The first-order valence-electron chi connectivity index (χ1n) is 6.12. The molecule has 1 aromatic heterocycles. The second-order valence-electron chi connectivity index (χ2n) is 4.66. The van der Waals surface area contributed by atoms with Gasteiger partial charge in [0.1, 0.15) is 10.9 Å². The Hall–Kier alpha value is 0.220. The Labute approximate surface area is 132 Å². The highest BCUT2D eigenvalue weighted by molar-refractivity contribution is 8.67. The number of aryl methyl sites for hydroxylation is 1. The Kier molecular flexibility index (Phi) is 6.83. The topological polar surface area (TPSA) is 53.6 Å². The minimum atomic E-state index is -2.54. The van der Waals surface area contributed by atoms with Crippen molar-refractivity contribution < 1.29 is 13.6 Å². The van der Waals surface area contributed by atoms with Crippen molar-refractivity contribution in [3.05, 3.63) is 21.1 Å². The van der Waals surface area contributed by atoms with Gasteiger partial charge in [0.25, 0.3) is 0 Å². The summed E-state index contributed by atoms with van der Waals surface area (Å²) in [6.45, 7) is 9.21. The van der Waals surface area contributed by atoms with Gasteiger partial charge in [-0.2, -0.15) is 4.74 Å². The molecule has 0 bridgehead atoms. The molecule has 0 saturated carbocycles. The number of hydrogen-bond donors (Lipinski definition) is 0. The van der Waals surface area contributed by atoms with Gasteiger partial charge in [0.2, 0.25) is 5.69 Å². The van der Waals surface area contributed by atoms with Crippen LogP contribution in [0.1, 0.15) is 33.5 Å². The molecule has 0 aliphatic heterocycles. The average molecular weight is 360 g/mol. The summed E-state index contributed by atoms with van der Waals surface area (Å²) in [7, 11) is 0. The highest BCUT2D eigenvalue weighted by Crippen LogP contribution is 2.62. The van der Waals surface area contributed by atoms with E-state index in [0.717, 1.165) is 4.74 Å². The average Bonchev–Trinajstić information content (AvgIpc) is 2.52. The molecule has 9 heteroatoms. The normalized spacial score (nSPS) is 12.6. The zero-order chi connectivity index (χ0) is 15.5. The second kappa shape index (κ2) is 7.47. The molecule has 1 heterocycles. The maximum atomic E-state index is 11.8. The number of hydrogen-bond acceptors (Lipinski definition) is 6. The van der Waals surface area contributed by atoms with Crippen molar-refractivity contribution in [2.45, 2.75) is 52.7 Å². The van der Waals surface area contributed by atoms with Gasteiger partial charge in [-0.1, -0.05) is 11.6 Å². The lowest BCUT2D eigenvalue weighted by atomic mass is 10.5. The van der Waals surface area contributed by atoms with Gasteiger partial charge < -0.3 is 13.6 Å². The first-order valence-corrected chi connectivity index (χ1v) is 10.7. The predicted octanol–water partition coefficient (Wildman–Crippen LogP) is 4.17. The summed E-state index contributed by atoms with van der Waals surface area (Å²) in [6.07, 6.45) is -0.100. The second-order valence-corrected chi connectivity index (χ2v) is 11.2. The van der Waals surface area contributed by atoms with E-state index in [4.69, 9.17) is 37.0 Å². The lowest BCUT2D eigenvalue weighted by molar-refractivity contribution is 0.185. The third-order valence-corrected chi connectivity index (χ3v) is 7.71. The van der Waals surface area contributed by atoms with Gasteiger partial charge in [-0.3, -0.25) is 4.79 Å². The molecular weight excluding hydrogens is 341 g/mol. The highest BCUT2D eigenvalue weighted by Gasteiger charge is 2.25. The molecule has 116 valence electrons. The summed E-state index contributed by atoms with van der Waals surface area (Å²) in [5.74, 6) is 0.600. The first kappa shape index (κ1) is 18.3. The van der Waals surface area contributed by atoms with Crippen molar-refractivity contribution >= 4 is 40.5 Å². The number of nitrogens with zero attached hydrogens (tertiary/aromatic N) is 1. The van der Waals surface area contributed by atoms with E-state index in [0.29, 0.717) is 5.76 Å². The van der Waals surface area contributed by atoms with E-state index >= 15 is 0 Å². The SMILES string of the molecule is Cc1on(CSP(=S)(OC(C)C)OC(C)C)c(=O)c1Cl. The summed E-state index contributed by atoms with van der Waals surface area (Å²) < 4.78 is 17.9. The van der Waals surface area contributed by atoms with E-state index in [9.17, 15) is 4.79 Å². The zero-order valence-corrected chi connectivity index (χ0v) is 15.4. The Bertz CT molecular complexity index is 541. The molecule has 0 spiro atoms. The lowest BCUT2D eigenvalue weighted by Crippen LogP contribution is -2.14. The number of halogens is 1. The molecule has 0 aliphatic carbocycles. The molecule has 0 amide bonds. The van der Waals surface area contributed by atoms with Crippen LogP contribution in [0.2, 0.25) is 5.02 Å². The van der Waals surface area contributed by atoms with E-state index in [-0.39, 0.29) is 28.7 Å². The fourth-order valence-electron chi connectivity index (χ4n) is 1.32. The number of rotatable bonds is 7. The van der Waals surface area contributed by atoms with E-state index in [1.165, 1.54) is 11.4 Å². The van der Waals surface area contributed by atoms with Crippen LogP contribution >= 0.6 is 28.7 Å². The molecule has 0 aromatic carbocycles. The minimum absolute atomic E-state index is 0.0502. The quantitative estimate of drug-likeness (QED) is 0.681. The lowest BCUT2D eigenvalue weighted by Gasteiger charge is -2.25. The highest BCUT2D eigenvalue weighted by atomic mass is 35.5. The minimum Gasteiger partial charge on any atom is -0.379 e. The summed E-state index contributed by atoms with van der Waals surface area (Å²) in [5.41, 5.74) is -2.90. The van der Waals surface area contributed by atoms with Crippen LogP contribution in [0.3, 0.4) is 0 Å². The smallest absolute Gasteiger partial charge is 0.302 e. The molecule has 0 aliphatic rings. The van der Waals surface area contributed by atoms with E-state index < -0.39 is 5.69 Å². The molecule has 1 rings (SSSR count). The Morgan fingerprint density at radius 3 is 2.20 bits per heavy atom. The summed E-state index contributed by atoms with van der Waals surface area (Å²) in [6, 6.07) is 0. The van der Waals surface area contributed by atoms with Crippen molar-refractivity contribution in [2.24, 2.45) is 0 Å². The molecule has 1 aromatic rings. The van der Waals surface area contributed by atoms with Gasteiger partial charge >= 0.3 is 5.56 Å². The van der Waals surface area contributed by atoms with Crippen molar-refractivity contribution in [3.8, 4) is 0 Å². The zero-order valence-electron chi connectivity index (χ0n) is 12.1. The fourth-order valence-corrected chi connectivity index (χ4v) is 6.66. The van der Waals surface area contributed by atoms with Crippen LogP contribution in [0, 0.1) is 6.92 Å². The monoisotopic (exact) mass is 359 g/mol. The van der Waals surface area contributed by atoms with Gasteiger partial charge in [0.05, 0.1) is 12.2 Å². The van der Waals surface area contributed by atoms with Crippen LogP contribution < -0.4 is 5.56 Å². The first-order chi connectivity index (χ1) is 9.14. The Morgan fingerprint density at radius 1 is 1.35 bits per heavy atom. The largest absolute Gasteiger partial charge is 0.379 e. The molecule has 0 N–H and O–H groups in total. The number of aromatic nitrogens is 1. The Morgan fingerprint density at radius 2 is 1.85 bits per heavy atom. The van der Waals surface area contributed by atoms with Crippen molar-refractivity contribution in [1.29, 1.82) is 0 Å².